The van der Waals surface area contributed by atoms with Crippen molar-refractivity contribution in [1.29, 1.82) is 0 Å². The third-order valence-corrected chi connectivity index (χ3v) is 10.1. The molecular weight excluding hydrogens is 766 g/mol. The standard InChI is InChI=1S/C32H26N9O10PS2/c1-18-14-22(40-39-21-4-2-5-24(15-21)52(43,44)45)12-13-27(18)34-31-35-30(36-32(42)37-31)33-19-8-10-20(11-9-19)38-41-23-16-26-25(29(17-23)54(49,50)51)6-3-7-28(26)53(46,47)48/h2-17H,1H3,(H2,43,44,45)(H,46,47,48)(H,49,50,51)(H3,33,34,35,36,37,42)/b40-39+,41-38+. The van der Waals surface area contributed by atoms with Crippen molar-refractivity contribution in [3.63, 3.8) is 0 Å². The largest absolute Gasteiger partial charge is 0.479 e. The van der Waals surface area contributed by atoms with Crippen LogP contribution in [0.4, 0.5) is 46.0 Å². The van der Waals surface area contributed by atoms with Crippen LogP contribution in [-0.4, -0.2) is 55.8 Å². The monoisotopic (exact) mass is 791 g/mol. The van der Waals surface area contributed by atoms with Crippen molar-refractivity contribution < 1.29 is 45.4 Å². The highest BCUT2D eigenvalue weighted by atomic mass is 32.2. The van der Waals surface area contributed by atoms with Crippen molar-refractivity contribution >= 4 is 89.9 Å². The maximum absolute atomic E-state index is 12.1. The summed E-state index contributed by atoms with van der Waals surface area (Å²) in [7, 11) is -14.0. The number of aryl methyl sites for hydroxylation is 1. The van der Waals surface area contributed by atoms with Crippen molar-refractivity contribution in [2.24, 2.45) is 20.5 Å². The highest BCUT2D eigenvalue weighted by Crippen LogP contribution is 2.36. The Bertz CT molecular complexity index is 2760. The van der Waals surface area contributed by atoms with Gasteiger partial charge in [0.1, 0.15) is 9.79 Å². The maximum atomic E-state index is 12.1. The number of nitrogens with one attached hydrogen (secondary N) is 2. The van der Waals surface area contributed by atoms with E-state index in [4.69, 9.17) is 0 Å². The van der Waals surface area contributed by atoms with Crippen LogP contribution in [0.5, 0.6) is 6.01 Å². The van der Waals surface area contributed by atoms with E-state index in [9.17, 15) is 45.4 Å². The molecule has 1 heterocycles. The molecule has 5 aromatic carbocycles. The molecule has 0 amide bonds. The number of hydrogen-bond acceptors (Lipinski definition) is 15. The van der Waals surface area contributed by atoms with E-state index in [2.05, 4.69) is 46.0 Å². The molecule has 22 heteroatoms. The fourth-order valence-corrected chi connectivity index (χ4v) is 6.96. The zero-order chi connectivity index (χ0) is 38.8. The van der Waals surface area contributed by atoms with Gasteiger partial charge in [-0.1, -0.05) is 18.2 Å². The van der Waals surface area contributed by atoms with E-state index >= 15 is 0 Å². The average Bonchev–Trinajstić information content (AvgIpc) is 3.09. The molecule has 6 rings (SSSR count). The molecule has 0 saturated carbocycles. The van der Waals surface area contributed by atoms with Gasteiger partial charge in [-0.15, -0.1) is 0 Å². The molecule has 0 radical (unpaired) electrons. The van der Waals surface area contributed by atoms with E-state index in [1.54, 1.807) is 43.3 Å². The molecular formula is C32H26N9O10PS2. The first-order valence-corrected chi connectivity index (χ1v) is 19.6. The molecule has 0 spiro atoms. The second-order valence-electron chi connectivity index (χ2n) is 11.3. The number of benzene rings is 5. The SMILES string of the molecule is Cc1cc(/N=N/c2cccc(P(=O)(O)O)c2)ccc1Nc1nc(O)nc(Nc2ccc(/N=N/c3cc(S(=O)(=O)O)c4cccc(S(=O)(=O)O)c4c3)cc2)n1. The van der Waals surface area contributed by atoms with Crippen LogP contribution in [0.15, 0.2) is 127 Å². The second-order valence-corrected chi connectivity index (χ2v) is 15.7. The van der Waals surface area contributed by atoms with Crippen LogP contribution in [0.1, 0.15) is 5.56 Å². The van der Waals surface area contributed by atoms with Gasteiger partial charge < -0.3 is 25.5 Å². The van der Waals surface area contributed by atoms with Crippen LogP contribution in [0.2, 0.25) is 0 Å². The van der Waals surface area contributed by atoms with E-state index in [1.165, 1.54) is 48.5 Å². The van der Waals surface area contributed by atoms with Gasteiger partial charge in [0.05, 0.1) is 28.1 Å². The summed E-state index contributed by atoms with van der Waals surface area (Å²) in [5.41, 5.74) is 2.59. The lowest BCUT2D eigenvalue weighted by Gasteiger charge is -2.10. The fraction of sp³-hybridized carbons (Fsp3) is 0.0312. The van der Waals surface area contributed by atoms with Gasteiger partial charge in [0, 0.05) is 22.1 Å². The minimum atomic E-state index is -4.83. The Balaban J connectivity index is 1.16. The summed E-state index contributed by atoms with van der Waals surface area (Å²) >= 11 is 0. The van der Waals surface area contributed by atoms with E-state index < -0.39 is 43.6 Å². The molecule has 276 valence electrons. The van der Waals surface area contributed by atoms with Crippen LogP contribution in [-0.2, 0) is 24.8 Å². The number of nitrogens with zero attached hydrogens (tertiary/aromatic N) is 7. The van der Waals surface area contributed by atoms with Gasteiger partial charge in [-0.3, -0.25) is 13.7 Å². The Kier molecular flexibility index (Phi) is 10.3. The second kappa shape index (κ2) is 14.8. The number of hydrogen-bond donors (Lipinski definition) is 7. The summed E-state index contributed by atoms with van der Waals surface area (Å²) in [5, 5.41) is 31.8. The molecule has 54 heavy (non-hydrogen) atoms. The minimum absolute atomic E-state index is 0.000971. The van der Waals surface area contributed by atoms with Crippen molar-refractivity contribution in [2.75, 3.05) is 10.6 Å². The van der Waals surface area contributed by atoms with E-state index in [1.807, 2.05) is 0 Å². The van der Waals surface area contributed by atoms with E-state index in [0.717, 1.165) is 12.1 Å². The van der Waals surface area contributed by atoms with Gasteiger partial charge in [0.15, 0.2) is 0 Å². The molecule has 0 aliphatic rings. The fourth-order valence-electron chi connectivity index (χ4n) is 4.96. The van der Waals surface area contributed by atoms with Crippen LogP contribution in [0.3, 0.4) is 0 Å². The number of azo groups is 2. The first kappa shape index (κ1) is 37.7. The molecule has 0 bridgehead atoms. The van der Waals surface area contributed by atoms with Crippen molar-refractivity contribution in [3.8, 4) is 6.01 Å². The normalized spacial score (nSPS) is 12.5. The Morgan fingerprint density at radius 3 is 1.85 bits per heavy atom. The van der Waals surface area contributed by atoms with Crippen molar-refractivity contribution in [1.82, 2.24) is 15.0 Å². The van der Waals surface area contributed by atoms with E-state index in [0.29, 0.717) is 22.6 Å². The summed E-state index contributed by atoms with van der Waals surface area (Å²) in [6, 6.07) is 21.9. The van der Waals surface area contributed by atoms with Crippen LogP contribution in [0.25, 0.3) is 10.8 Å². The third-order valence-electron chi connectivity index (χ3n) is 7.39. The van der Waals surface area contributed by atoms with Gasteiger partial charge in [0.2, 0.25) is 11.9 Å². The molecule has 0 atom stereocenters. The zero-order valence-corrected chi connectivity index (χ0v) is 29.9. The molecule has 0 fully saturated rings. The molecule has 0 aliphatic heterocycles. The number of rotatable bonds is 11. The minimum Gasteiger partial charge on any atom is -0.479 e. The maximum Gasteiger partial charge on any atom is 0.356 e. The Labute approximate surface area is 305 Å². The van der Waals surface area contributed by atoms with Gasteiger partial charge in [-0.05, 0) is 91.3 Å². The topological polar surface area (TPSA) is 299 Å². The average molecular weight is 792 g/mol. The summed E-state index contributed by atoms with van der Waals surface area (Å²) in [5.74, 6) is -0.0255. The van der Waals surface area contributed by atoms with Gasteiger partial charge in [-0.2, -0.15) is 52.2 Å². The quantitative estimate of drug-likeness (QED) is 0.0410. The summed E-state index contributed by atoms with van der Waals surface area (Å²) in [6.07, 6.45) is 0. The highest BCUT2D eigenvalue weighted by Gasteiger charge is 2.21. The first-order chi connectivity index (χ1) is 25.4. The lowest BCUT2D eigenvalue weighted by molar-refractivity contribution is 0.387. The van der Waals surface area contributed by atoms with Crippen LogP contribution >= 0.6 is 7.60 Å². The smallest absolute Gasteiger partial charge is 0.356 e. The first-order valence-electron chi connectivity index (χ1n) is 15.1. The number of fused-ring (bicyclic) bond motifs is 1. The van der Waals surface area contributed by atoms with Crippen LogP contribution < -0.4 is 15.9 Å². The Morgan fingerprint density at radius 2 is 1.20 bits per heavy atom. The molecule has 7 N–H and O–H groups in total. The molecule has 6 aromatic rings. The number of aromatic nitrogens is 3. The highest BCUT2D eigenvalue weighted by molar-refractivity contribution is 7.86. The van der Waals surface area contributed by atoms with Gasteiger partial charge in [-0.25, -0.2) is 0 Å². The van der Waals surface area contributed by atoms with Gasteiger partial charge >= 0.3 is 13.6 Å². The predicted octanol–water partition coefficient (Wildman–Crippen LogP) is 6.65. The van der Waals surface area contributed by atoms with Crippen LogP contribution in [0, 0.1) is 6.92 Å². The Hall–Kier alpha value is -6.06. The van der Waals surface area contributed by atoms with Crippen molar-refractivity contribution in [2.45, 2.75) is 16.7 Å². The zero-order valence-electron chi connectivity index (χ0n) is 27.4. The molecule has 19 nitrogen and oxygen atoms in total. The molecule has 0 aliphatic carbocycles. The summed E-state index contributed by atoms with van der Waals surface area (Å²) in [4.78, 5) is 29.6. The van der Waals surface area contributed by atoms with E-state index in [-0.39, 0.29) is 45.0 Å². The van der Waals surface area contributed by atoms with Crippen molar-refractivity contribution in [3.05, 3.63) is 103 Å². The molecule has 0 saturated heterocycles. The third kappa shape index (κ3) is 9.11. The summed E-state index contributed by atoms with van der Waals surface area (Å²) in [6.45, 7) is 1.78. The Morgan fingerprint density at radius 1 is 0.611 bits per heavy atom. The number of aromatic hydroxyl groups is 1. The van der Waals surface area contributed by atoms with Gasteiger partial charge in [0.25, 0.3) is 20.2 Å². The molecule has 0 unspecified atom stereocenters. The lowest BCUT2D eigenvalue weighted by atomic mass is 10.1. The lowest BCUT2D eigenvalue weighted by Crippen LogP contribution is -2.04. The summed E-state index contributed by atoms with van der Waals surface area (Å²) < 4.78 is 79.0. The molecule has 1 aromatic heterocycles. The predicted molar refractivity (Wildman–Crippen MR) is 196 cm³/mol. The number of anilines is 4.